The van der Waals surface area contributed by atoms with Gasteiger partial charge in [-0.3, -0.25) is 4.99 Å². The molecule has 2 rings (SSSR count). The smallest absolute Gasteiger partial charge is 0.191 e. The monoisotopic (exact) mass is 377 g/mol. The summed E-state index contributed by atoms with van der Waals surface area (Å²) in [5.74, 6) is 2.11. The fraction of sp³-hybridized carbons (Fsp3) is 0.632. The molecule has 2 heterocycles. The first-order valence-electron chi connectivity index (χ1n) is 9.47. The first-order chi connectivity index (χ1) is 12.7. The number of aliphatic imine (C=N–C) groups is 1. The molecule has 0 amide bonds. The van der Waals surface area contributed by atoms with Crippen molar-refractivity contribution in [3.05, 3.63) is 33.6 Å². The van der Waals surface area contributed by atoms with Gasteiger partial charge in [-0.05, 0) is 39.0 Å². The topological polar surface area (TPSA) is 75.3 Å². The van der Waals surface area contributed by atoms with E-state index in [1.807, 2.05) is 13.0 Å². The normalized spacial score (nSPS) is 12.0. The fourth-order valence-corrected chi connectivity index (χ4v) is 3.65. The van der Waals surface area contributed by atoms with Crippen LogP contribution in [0.3, 0.4) is 0 Å². The van der Waals surface area contributed by atoms with E-state index < -0.39 is 0 Å². The van der Waals surface area contributed by atoms with Gasteiger partial charge < -0.3 is 15.2 Å². The van der Waals surface area contributed by atoms with Gasteiger partial charge in [0.25, 0.3) is 0 Å². The lowest BCUT2D eigenvalue weighted by molar-refractivity contribution is 0.368. The Balaban J connectivity index is 1.66. The molecule has 0 fully saturated rings. The van der Waals surface area contributed by atoms with Crippen LogP contribution in [0.1, 0.15) is 67.6 Å². The number of nitrogens with one attached hydrogen (secondary N) is 2. The van der Waals surface area contributed by atoms with Gasteiger partial charge in [0.2, 0.25) is 0 Å². The molecule has 2 aromatic rings. The van der Waals surface area contributed by atoms with Crippen LogP contribution in [0.15, 0.2) is 21.0 Å². The van der Waals surface area contributed by atoms with Crippen molar-refractivity contribution in [3.63, 3.8) is 0 Å². The summed E-state index contributed by atoms with van der Waals surface area (Å²) >= 11 is 1.75. The molecule has 144 valence electrons. The minimum absolute atomic E-state index is 0.478. The molecular weight excluding hydrogens is 346 g/mol. The van der Waals surface area contributed by atoms with E-state index in [0.29, 0.717) is 12.5 Å². The standard InChI is InChI=1S/C19H31N5OS/c1-5-15(6-2)17-11-16(25-24-17)12-22-19(20-4)21-10-8-7-9-18-23-14(3)13-26-18/h11,13,15H,5-10,12H2,1-4H3,(H2,20,21,22). The van der Waals surface area contributed by atoms with Crippen LogP contribution < -0.4 is 10.6 Å². The Bertz CT molecular complexity index is 675. The number of aryl methyl sites for hydroxylation is 2. The lowest BCUT2D eigenvalue weighted by Crippen LogP contribution is -2.37. The second-order valence-corrected chi connectivity index (χ2v) is 7.37. The summed E-state index contributed by atoms with van der Waals surface area (Å²) in [5.41, 5.74) is 2.17. The van der Waals surface area contributed by atoms with Gasteiger partial charge in [0, 0.05) is 36.7 Å². The third-order valence-electron chi connectivity index (χ3n) is 4.41. The van der Waals surface area contributed by atoms with E-state index in [-0.39, 0.29) is 0 Å². The van der Waals surface area contributed by atoms with E-state index in [2.05, 4.69) is 45.0 Å². The molecule has 2 N–H and O–H groups in total. The fourth-order valence-electron chi connectivity index (χ4n) is 2.83. The van der Waals surface area contributed by atoms with E-state index in [4.69, 9.17) is 4.52 Å². The van der Waals surface area contributed by atoms with Gasteiger partial charge >= 0.3 is 0 Å². The minimum Gasteiger partial charge on any atom is -0.359 e. The quantitative estimate of drug-likeness (QED) is 0.371. The number of unbranched alkanes of at least 4 members (excludes halogenated alkanes) is 1. The second-order valence-electron chi connectivity index (χ2n) is 6.42. The molecule has 0 radical (unpaired) electrons. The zero-order valence-corrected chi connectivity index (χ0v) is 17.2. The van der Waals surface area contributed by atoms with Crippen LogP contribution >= 0.6 is 11.3 Å². The second kappa shape index (κ2) is 11.0. The molecular formula is C19H31N5OS. The number of hydrogen-bond donors (Lipinski definition) is 2. The van der Waals surface area contributed by atoms with Crippen molar-refractivity contribution in [1.29, 1.82) is 0 Å². The average Bonchev–Trinajstić information content (AvgIpc) is 3.28. The molecule has 0 aromatic carbocycles. The number of hydrogen-bond acceptors (Lipinski definition) is 5. The number of rotatable bonds is 10. The maximum absolute atomic E-state index is 5.44. The van der Waals surface area contributed by atoms with Crippen LogP contribution in [-0.4, -0.2) is 29.7 Å². The van der Waals surface area contributed by atoms with Crippen LogP contribution in [0.25, 0.3) is 0 Å². The largest absolute Gasteiger partial charge is 0.359 e. The molecule has 0 spiro atoms. The van der Waals surface area contributed by atoms with Crippen LogP contribution in [0.5, 0.6) is 0 Å². The highest BCUT2D eigenvalue weighted by molar-refractivity contribution is 7.09. The van der Waals surface area contributed by atoms with E-state index in [9.17, 15) is 0 Å². The van der Waals surface area contributed by atoms with Gasteiger partial charge in [-0.15, -0.1) is 11.3 Å². The number of guanidine groups is 1. The van der Waals surface area contributed by atoms with Crippen molar-refractivity contribution in [2.45, 2.75) is 65.3 Å². The van der Waals surface area contributed by atoms with Gasteiger partial charge in [-0.25, -0.2) is 4.98 Å². The van der Waals surface area contributed by atoms with Crippen LogP contribution in [0.4, 0.5) is 0 Å². The van der Waals surface area contributed by atoms with E-state index in [0.717, 1.165) is 61.8 Å². The Hall–Kier alpha value is -1.89. The van der Waals surface area contributed by atoms with E-state index in [1.165, 1.54) is 5.01 Å². The van der Waals surface area contributed by atoms with Crippen LogP contribution in [-0.2, 0) is 13.0 Å². The van der Waals surface area contributed by atoms with Crippen molar-refractivity contribution >= 4 is 17.3 Å². The average molecular weight is 378 g/mol. The maximum Gasteiger partial charge on any atom is 0.191 e. The molecule has 0 atom stereocenters. The minimum atomic E-state index is 0.478. The van der Waals surface area contributed by atoms with E-state index >= 15 is 0 Å². The Morgan fingerprint density at radius 1 is 1.27 bits per heavy atom. The van der Waals surface area contributed by atoms with Crippen molar-refractivity contribution in [3.8, 4) is 0 Å². The number of aromatic nitrogens is 2. The molecule has 0 bridgehead atoms. The lowest BCUT2D eigenvalue weighted by atomic mass is 9.99. The van der Waals surface area contributed by atoms with Crippen molar-refractivity contribution in [2.24, 2.45) is 4.99 Å². The van der Waals surface area contributed by atoms with Gasteiger partial charge in [-0.1, -0.05) is 19.0 Å². The Morgan fingerprint density at radius 3 is 2.73 bits per heavy atom. The molecule has 7 heteroatoms. The highest BCUT2D eigenvalue weighted by Gasteiger charge is 2.13. The molecule has 0 aliphatic carbocycles. The maximum atomic E-state index is 5.44. The Kier molecular flexibility index (Phi) is 8.61. The number of thiazole rings is 1. The van der Waals surface area contributed by atoms with Crippen molar-refractivity contribution in [2.75, 3.05) is 13.6 Å². The lowest BCUT2D eigenvalue weighted by Gasteiger charge is -2.10. The van der Waals surface area contributed by atoms with Gasteiger partial charge in [-0.2, -0.15) is 0 Å². The molecule has 6 nitrogen and oxygen atoms in total. The van der Waals surface area contributed by atoms with Gasteiger partial charge in [0.15, 0.2) is 11.7 Å². The molecule has 0 saturated heterocycles. The molecule has 0 unspecified atom stereocenters. The van der Waals surface area contributed by atoms with Crippen molar-refractivity contribution < 1.29 is 4.52 Å². The molecule has 0 saturated carbocycles. The van der Waals surface area contributed by atoms with E-state index in [1.54, 1.807) is 18.4 Å². The summed E-state index contributed by atoms with van der Waals surface area (Å²) < 4.78 is 5.44. The summed E-state index contributed by atoms with van der Waals surface area (Å²) in [6, 6.07) is 2.05. The Morgan fingerprint density at radius 2 is 2.08 bits per heavy atom. The zero-order valence-electron chi connectivity index (χ0n) is 16.3. The highest BCUT2D eigenvalue weighted by atomic mass is 32.1. The highest BCUT2D eigenvalue weighted by Crippen LogP contribution is 2.22. The van der Waals surface area contributed by atoms with Gasteiger partial charge in [0.1, 0.15) is 0 Å². The van der Waals surface area contributed by atoms with Crippen LogP contribution in [0.2, 0.25) is 0 Å². The summed E-state index contributed by atoms with van der Waals surface area (Å²) in [7, 11) is 1.78. The molecule has 0 aliphatic heterocycles. The predicted molar refractivity (Wildman–Crippen MR) is 108 cm³/mol. The van der Waals surface area contributed by atoms with Crippen molar-refractivity contribution in [1.82, 2.24) is 20.8 Å². The first-order valence-corrected chi connectivity index (χ1v) is 10.3. The third-order valence-corrected chi connectivity index (χ3v) is 5.44. The predicted octanol–water partition coefficient (Wildman–Crippen LogP) is 4.03. The molecule has 0 aliphatic rings. The summed E-state index contributed by atoms with van der Waals surface area (Å²) in [6.45, 7) is 7.88. The van der Waals surface area contributed by atoms with Crippen LogP contribution in [0, 0.1) is 6.92 Å². The summed E-state index contributed by atoms with van der Waals surface area (Å²) in [5, 5.41) is 14.2. The first kappa shape index (κ1) is 20.4. The molecule has 2 aromatic heterocycles. The zero-order chi connectivity index (χ0) is 18.8. The SMILES string of the molecule is CCC(CC)c1cc(CNC(=NC)NCCCCc2nc(C)cs2)on1. The number of nitrogens with zero attached hydrogens (tertiary/aromatic N) is 3. The van der Waals surface area contributed by atoms with Gasteiger partial charge in [0.05, 0.1) is 17.2 Å². The Labute approximate surface area is 160 Å². The third kappa shape index (κ3) is 6.44. The summed E-state index contributed by atoms with van der Waals surface area (Å²) in [4.78, 5) is 8.75. The molecule has 26 heavy (non-hydrogen) atoms. The summed E-state index contributed by atoms with van der Waals surface area (Å²) in [6.07, 6.45) is 5.42.